The fourth-order valence-electron chi connectivity index (χ4n) is 4.71. The first-order chi connectivity index (χ1) is 16.7. The number of rotatable bonds is 11. The third kappa shape index (κ3) is 6.12. The van der Waals surface area contributed by atoms with E-state index in [-0.39, 0.29) is 12.5 Å². The lowest BCUT2D eigenvalue weighted by atomic mass is 9.97. The van der Waals surface area contributed by atoms with E-state index in [0.29, 0.717) is 28.8 Å². The monoisotopic (exact) mass is 524 g/mol. The lowest BCUT2D eigenvalue weighted by molar-refractivity contribution is -0.125. The SMILES string of the molecule is CC[C@H](Nc1cc(Cl)cnc1C)c1ccc(N(C=O)[C@@H](CC2CCCC2)C(=O)N[C@H]2CC2(F)F)s1. The van der Waals surface area contributed by atoms with E-state index >= 15 is 0 Å². The van der Waals surface area contributed by atoms with Crippen LogP contribution in [0, 0.1) is 12.8 Å². The predicted octanol–water partition coefficient (Wildman–Crippen LogP) is 6.10. The van der Waals surface area contributed by atoms with E-state index in [0.717, 1.165) is 48.4 Å². The first kappa shape index (κ1) is 25.8. The van der Waals surface area contributed by atoms with Crippen LogP contribution in [0.5, 0.6) is 0 Å². The van der Waals surface area contributed by atoms with Crippen molar-refractivity contribution in [2.45, 2.75) is 82.8 Å². The Morgan fingerprint density at radius 2 is 2.09 bits per heavy atom. The summed E-state index contributed by atoms with van der Waals surface area (Å²) in [4.78, 5) is 32.0. The number of carbonyl (C=O) groups is 2. The number of aryl methyl sites for hydroxylation is 1. The summed E-state index contributed by atoms with van der Waals surface area (Å²) in [5, 5.41) is 7.10. The Balaban J connectivity index is 1.54. The van der Waals surface area contributed by atoms with Crippen LogP contribution in [-0.4, -0.2) is 35.3 Å². The summed E-state index contributed by atoms with van der Waals surface area (Å²) in [6.45, 7) is 3.95. The van der Waals surface area contributed by atoms with Crippen LogP contribution >= 0.6 is 22.9 Å². The standard InChI is InChI=1S/C25H31ClF2N4O2S/c1-3-18(30-19-11-17(26)13-29-15(19)2)21-8-9-23(35-21)32(14-33)20(10-16-6-4-5-7-16)24(34)31-22-12-25(22,27)28/h8-9,11,13-14,16,18,20,22,30H,3-7,10,12H2,1-2H3,(H,31,34)/t18-,20-,22-/m0/s1. The zero-order valence-corrected chi connectivity index (χ0v) is 21.5. The summed E-state index contributed by atoms with van der Waals surface area (Å²) in [6.07, 6.45) is 7.30. The third-order valence-corrected chi connectivity index (χ3v) is 8.35. The molecule has 190 valence electrons. The van der Waals surface area contributed by atoms with Crippen molar-refractivity contribution in [3.05, 3.63) is 40.0 Å². The fraction of sp³-hybridized carbons (Fsp3) is 0.560. The lowest BCUT2D eigenvalue weighted by Crippen LogP contribution is -2.48. The van der Waals surface area contributed by atoms with Crippen LogP contribution in [0.3, 0.4) is 0 Å². The number of anilines is 2. The number of aromatic nitrogens is 1. The summed E-state index contributed by atoms with van der Waals surface area (Å²) in [7, 11) is 0. The molecule has 2 N–H and O–H groups in total. The van der Waals surface area contributed by atoms with Gasteiger partial charge in [0.2, 0.25) is 12.3 Å². The number of nitrogens with zero attached hydrogens (tertiary/aromatic N) is 2. The summed E-state index contributed by atoms with van der Waals surface area (Å²) >= 11 is 7.53. The topological polar surface area (TPSA) is 74.3 Å². The summed E-state index contributed by atoms with van der Waals surface area (Å²) in [5.41, 5.74) is 1.65. The third-order valence-electron chi connectivity index (χ3n) is 6.93. The van der Waals surface area contributed by atoms with Gasteiger partial charge in [0.05, 0.1) is 33.5 Å². The maximum Gasteiger partial charge on any atom is 0.270 e. The molecule has 0 spiro atoms. The van der Waals surface area contributed by atoms with Gasteiger partial charge in [-0.15, -0.1) is 11.3 Å². The van der Waals surface area contributed by atoms with Crippen LogP contribution in [0.1, 0.15) is 68.5 Å². The maximum absolute atomic E-state index is 13.5. The summed E-state index contributed by atoms with van der Waals surface area (Å²) in [5.74, 6) is -3.06. The highest BCUT2D eigenvalue weighted by molar-refractivity contribution is 7.16. The molecule has 0 unspecified atom stereocenters. The number of hydrogen-bond acceptors (Lipinski definition) is 5. The molecule has 10 heteroatoms. The molecule has 2 aliphatic carbocycles. The quantitative estimate of drug-likeness (QED) is 0.348. The molecular weight excluding hydrogens is 494 g/mol. The van der Waals surface area contributed by atoms with E-state index in [2.05, 4.69) is 15.6 Å². The molecule has 0 bridgehead atoms. The van der Waals surface area contributed by atoms with Crippen LogP contribution in [-0.2, 0) is 9.59 Å². The van der Waals surface area contributed by atoms with Crippen molar-refractivity contribution in [2.75, 3.05) is 10.2 Å². The highest BCUT2D eigenvalue weighted by atomic mass is 35.5. The first-order valence-electron chi connectivity index (χ1n) is 12.1. The fourth-order valence-corrected chi connectivity index (χ4v) is 6.02. The predicted molar refractivity (Wildman–Crippen MR) is 135 cm³/mol. The van der Waals surface area contributed by atoms with E-state index in [1.54, 1.807) is 6.20 Å². The highest BCUT2D eigenvalue weighted by Gasteiger charge is 2.58. The highest BCUT2D eigenvalue weighted by Crippen LogP contribution is 2.42. The average Bonchev–Trinajstić information content (AvgIpc) is 3.25. The van der Waals surface area contributed by atoms with Gasteiger partial charge in [0.1, 0.15) is 6.04 Å². The maximum atomic E-state index is 13.5. The van der Waals surface area contributed by atoms with Gasteiger partial charge in [-0.25, -0.2) is 8.78 Å². The molecule has 0 radical (unpaired) electrons. The van der Waals surface area contributed by atoms with Gasteiger partial charge in [-0.2, -0.15) is 0 Å². The molecule has 2 aromatic heterocycles. The van der Waals surface area contributed by atoms with Crippen LogP contribution in [0.4, 0.5) is 19.5 Å². The zero-order valence-electron chi connectivity index (χ0n) is 19.9. The second-order valence-electron chi connectivity index (χ2n) is 9.51. The lowest BCUT2D eigenvalue weighted by Gasteiger charge is -2.28. The van der Waals surface area contributed by atoms with Gasteiger partial charge in [-0.3, -0.25) is 19.5 Å². The van der Waals surface area contributed by atoms with Crippen LogP contribution in [0.15, 0.2) is 24.4 Å². The van der Waals surface area contributed by atoms with Gasteiger partial charge in [0.15, 0.2) is 0 Å². The van der Waals surface area contributed by atoms with Crippen molar-refractivity contribution in [3.63, 3.8) is 0 Å². The summed E-state index contributed by atoms with van der Waals surface area (Å²) in [6, 6.07) is 3.58. The van der Waals surface area contributed by atoms with Gasteiger partial charge in [-0.1, -0.05) is 44.2 Å². The number of carbonyl (C=O) groups excluding carboxylic acids is 2. The molecule has 0 saturated heterocycles. The van der Waals surface area contributed by atoms with E-state index in [1.807, 2.05) is 32.0 Å². The first-order valence-corrected chi connectivity index (χ1v) is 13.3. The number of alkyl halides is 2. The van der Waals surface area contributed by atoms with E-state index in [9.17, 15) is 18.4 Å². The molecule has 0 aliphatic heterocycles. The minimum absolute atomic E-state index is 0.0477. The molecule has 2 amide bonds. The number of hydrogen-bond donors (Lipinski definition) is 2. The number of pyridine rings is 1. The summed E-state index contributed by atoms with van der Waals surface area (Å²) < 4.78 is 27.0. The minimum Gasteiger partial charge on any atom is -0.376 e. The van der Waals surface area contributed by atoms with Crippen LogP contribution in [0.2, 0.25) is 5.02 Å². The van der Waals surface area contributed by atoms with Crippen molar-refractivity contribution in [2.24, 2.45) is 5.92 Å². The smallest absolute Gasteiger partial charge is 0.270 e. The molecule has 4 rings (SSSR count). The Morgan fingerprint density at radius 1 is 1.37 bits per heavy atom. The van der Waals surface area contributed by atoms with Crippen molar-refractivity contribution in [1.82, 2.24) is 10.3 Å². The van der Waals surface area contributed by atoms with E-state index < -0.39 is 23.9 Å². The number of nitrogens with one attached hydrogen (secondary N) is 2. The van der Waals surface area contributed by atoms with Gasteiger partial charge in [0.25, 0.3) is 5.92 Å². The number of amides is 2. The largest absolute Gasteiger partial charge is 0.376 e. The van der Waals surface area contributed by atoms with Gasteiger partial charge >= 0.3 is 0 Å². The Bertz CT molecular complexity index is 1060. The normalized spacial score (nSPS) is 20.8. The Hall–Kier alpha value is -2.26. The average molecular weight is 525 g/mol. The van der Waals surface area contributed by atoms with Crippen molar-refractivity contribution in [3.8, 4) is 0 Å². The minimum atomic E-state index is -2.86. The zero-order chi connectivity index (χ0) is 25.2. The van der Waals surface area contributed by atoms with Crippen molar-refractivity contribution in [1.29, 1.82) is 0 Å². The molecule has 35 heavy (non-hydrogen) atoms. The van der Waals surface area contributed by atoms with Gasteiger partial charge < -0.3 is 10.6 Å². The molecule has 2 aromatic rings. The molecule has 2 heterocycles. The Labute approximate surface area is 213 Å². The second kappa shape index (κ2) is 10.8. The second-order valence-corrected chi connectivity index (χ2v) is 11.0. The molecule has 3 atom stereocenters. The van der Waals surface area contributed by atoms with Crippen LogP contribution in [0.25, 0.3) is 0 Å². The van der Waals surface area contributed by atoms with Crippen molar-refractivity contribution < 1.29 is 18.4 Å². The molecule has 2 fully saturated rings. The van der Waals surface area contributed by atoms with Crippen LogP contribution < -0.4 is 15.5 Å². The van der Waals surface area contributed by atoms with Gasteiger partial charge in [0, 0.05) is 17.5 Å². The van der Waals surface area contributed by atoms with Crippen molar-refractivity contribution >= 4 is 45.9 Å². The molecule has 0 aromatic carbocycles. The molecular formula is C25H31ClF2N4O2S. The Kier molecular flexibility index (Phi) is 7.96. The molecule has 6 nitrogen and oxygen atoms in total. The molecule has 2 saturated carbocycles. The van der Waals surface area contributed by atoms with Gasteiger partial charge in [-0.05, 0) is 43.9 Å². The number of halogens is 3. The number of thiophene rings is 1. The van der Waals surface area contributed by atoms with E-state index in [4.69, 9.17) is 11.6 Å². The molecule has 2 aliphatic rings. The van der Waals surface area contributed by atoms with E-state index in [1.165, 1.54) is 16.2 Å². The Morgan fingerprint density at radius 3 is 2.71 bits per heavy atom.